The van der Waals surface area contributed by atoms with E-state index < -0.39 is 0 Å². The summed E-state index contributed by atoms with van der Waals surface area (Å²) in [6.07, 6.45) is 4.62. The highest BCUT2D eigenvalue weighted by molar-refractivity contribution is 5.87. The molecule has 0 radical (unpaired) electrons. The van der Waals surface area contributed by atoms with Gasteiger partial charge in [-0.1, -0.05) is 25.2 Å². The molecule has 0 aliphatic carbocycles. The van der Waals surface area contributed by atoms with Crippen LogP contribution in [0.3, 0.4) is 0 Å². The van der Waals surface area contributed by atoms with Crippen molar-refractivity contribution in [3.8, 4) is 11.8 Å². The second kappa shape index (κ2) is 6.38. The summed E-state index contributed by atoms with van der Waals surface area (Å²) in [7, 11) is 0. The quantitative estimate of drug-likeness (QED) is 0.775. The summed E-state index contributed by atoms with van der Waals surface area (Å²) in [6, 6.07) is 0. The molecule has 0 spiro atoms. The second-order valence-electron chi connectivity index (χ2n) is 6.46. The van der Waals surface area contributed by atoms with Gasteiger partial charge in [0, 0.05) is 17.4 Å². The third-order valence-electron chi connectivity index (χ3n) is 3.50. The molecule has 1 rings (SSSR count). The maximum absolute atomic E-state index is 12.5. The van der Waals surface area contributed by atoms with E-state index in [-0.39, 0.29) is 10.8 Å². The van der Waals surface area contributed by atoms with Crippen molar-refractivity contribution in [1.29, 1.82) is 0 Å². The number of rotatable bonds is 4. The Balaban J connectivity index is 2.67. The van der Waals surface area contributed by atoms with Gasteiger partial charge in [-0.15, -0.1) is 0 Å². The molecule has 0 aromatic rings. The highest BCUT2D eigenvalue weighted by Crippen LogP contribution is 2.33. The Morgan fingerprint density at radius 2 is 2.11 bits per heavy atom. The Bertz CT molecular complexity index is 329. The Kier molecular flexibility index (Phi) is 5.41. The Hall–Kier alpha value is -0.810. The average molecular weight is 249 g/mol. The second-order valence-corrected chi connectivity index (χ2v) is 6.46. The Morgan fingerprint density at radius 3 is 2.61 bits per heavy atom. The van der Waals surface area contributed by atoms with Gasteiger partial charge >= 0.3 is 0 Å². The van der Waals surface area contributed by atoms with Gasteiger partial charge < -0.3 is 5.32 Å². The minimum atomic E-state index is -0.139. The van der Waals surface area contributed by atoms with Gasteiger partial charge in [-0.2, -0.15) is 0 Å². The molecule has 18 heavy (non-hydrogen) atoms. The first-order chi connectivity index (χ1) is 8.40. The molecule has 1 aliphatic rings. The predicted molar refractivity (Wildman–Crippen MR) is 76.3 cm³/mol. The fourth-order valence-corrected chi connectivity index (χ4v) is 2.61. The van der Waals surface area contributed by atoms with Crippen molar-refractivity contribution in [3.63, 3.8) is 0 Å². The number of Topliss-reactive ketones (excluding diaryl/α,β-unsaturated/α-hetero) is 1. The SMILES string of the molecule is CCCC1(C(=O)CC#CC(C)(C)C)CCCNC1. The maximum atomic E-state index is 12.5. The zero-order chi connectivity index (χ0) is 13.6. The van der Waals surface area contributed by atoms with Gasteiger partial charge in [0.05, 0.1) is 6.42 Å². The molecule has 2 nitrogen and oxygen atoms in total. The van der Waals surface area contributed by atoms with Crippen LogP contribution in [0.4, 0.5) is 0 Å². The van der Waals surface area contributed by atoms with E-state index in [1.165, 1.54) is 0 Å². The van der Waals surface area contributed by atoms with Gasteiger partial charge in [-0.05, 0) is 46.6 Å². The summed E-state index contributed by atoms with van der Waals surface area (Å²) < 4.78 is 0. The normalized spacial score (nSPS) is 24.2. The number of ketones is 1. The van der Waals surface area contributed by atoms with Crippen LogP contribution in [0.5, 0.6) is 0 Å². The van der Waals surface area contributed by atoms with Crippen LogP contribution in [0.25, 0.3) is 0 Å². The maximum Gasteiger partial charge on any atom is 0.152 e. The van der Waals surface area contributed by atoms with Crippen molar-refractivity contribution in [1.82, 2.24) is 5.32 Å². The largest absolute Gasteiger partial charge is 0.316 e. The highest BCUT2D eigenvalue weighted by Gasteiger charge is 2.37. The van der Waals surface area contributed by atoms with E-state index in [4.69, 9.17) is 0 Å². The lowest BCUT2D eigenvalue weighted by Gasteiger charge is -2.35. The zero-order valence-electron chi connectivity index (χ0n) is 12.4. The van der Waals surface area contributed by atoms with E-state index in [2.05, 4.69) is 44.9 Å². The number of carbonyl (C=O) groups excluding carboxylic acids is 1. The smallest absolute Gasteiger partial charge is 0.152 e. The van der Waals surface area contributed by atoms with E-state index in [0.717, 1.165) is 38.8 Å². The summed E-state index contributed by atoms with van der Waals surface area (Å²) in [5, 5.41) is 3.38. The molecular weight excluding hydrogens is 222 g/mol. The lowest BCUT2D eigenvalue weighted by Crippen LogP contribution is -2.45. The third kappa shape index (κ3) is 4.46. The number of hydrogen-bond donors (Lipinski definition) is 1. The number of carbonyl (C=O) groups is 1. The van der Waals surface area contributed by atoms with Crippen LogP contribution in [0, 0.1) is 22.7 Å². The van der Waals surface area contributed by atoms with Gasteiger partial charge in [0.25, 0.3) is 0 Å². The number of piperidine rings is 1. The number of hydrogen-bond acceptors (Lipinski definition) is 2. The summed E-state index contributed by atoms with van der Waals surface area (Å²) in [5.41, 5.74) is -0.150. The van der Waals surface area contributed by atoms with E-state index in [0.29, 0.717) is 12.2 Å². The fourth-order valence-electron chi connectivity index (χ4n) is 2.61. The molecule has 0 amide bonds. The lowest BCUT2D eigenvalue weighted by molar-refractivity contribution is -0.129. The van der Waals surface area contributed by atoms with Crippen LogP contribution in [0.2, 0.25) is 0 Å². The molecule has 1 aliphatic heterocycles. The molecule has 1 unspecified atom stereocenters. The highest BCUT2D eigenvalue weighted by atomic mass is 16.1. The molecule has 2 heteroatoms. The predicted octanol–water partition coefficient (Wildman–Crippen LogP) is 3.17. The van der Waals surface area contributed by atoms with Crippen LogP contribution in [0.15, 0.2) is 0 Å². The topological polar surface area (TPSA) is 29.1 Å². The molecular formula is C16H27NO. The van der Waals surface area contributed by atoms with E-state index in [1.807, 2.05) is 0 Å². The van der Waals surface area contributed by atoms with Crippen molar-refractivity contribution in [2.24, 2.45) is 10.8 Å². The van der Waals surface area contributed by atoms with Gasteiger partial charge in [0.2, 0.25) is 0 Å². The third-order valence-corrected chi connectivity index (χ3v) is 3.50. The van der Waals surface area contributed by atoms with E-state index in [9.17, 15) is 4.79 Å². The van der Waals surface area contributed by atoms with Crippen LogP contribution in [-0.4, -0.2) is 18.9 Å². The first-order valence-electron chi connectivity index (χ1n) is 7.14. The summed E-state index contributed by atoms with van der Waals surface area (Å²) in [5.74, 6) is 6.58. The van der Waals surface area contributed by atoms with Crippen LogP contribution in [0.1, 0.15) is 59.8 Å². The summed E-state index contributed by atoms with van der Waals surface area (Å²) >= 11 is 0. The molecule has 0 saturated carbocycles. The van der Waals surface area contributed by atoms with Crippen molar-refractivity contribution < 1.29 is 4.79 Å². The van der Waals surface area contributed by atoms with Gasteiger partial charge in [0.1, 0.15) is 0 Å². The van der Waals surface area contributed by atoms with Crippen LogP contribution < -0.4 is 5.32 Å². The van der Waals surface area contributed by atoms with Crippen molar-refractivity contribution in [2.75, 3.05) is 13.1 Å². The van der Waals surface area contributed by atoms with Gasteiger partial charge in [0.15, 0.2) is 5.78 Å². The van der Waals surface area contributed by atoms with Crippen LogP contribution in [-0.2, 0) is 4.79 Å². The van der Waals surface area contributed by atoms with E-state index in [1.54, 1.807) is 0 Å². The number of nitrogens with one attached hydrogen (secondary N) is 1. The van der Waals surface area contributed by atoms with Crippen molar-refractivity contribution in [2.45, 2.75) is 59.8 Å². The molecule has 0 aromatic heterocycles. The van der Waals surface area contributed by atoms with E-state index >= 15 is 0 Å². The fraction of sp³-hybridized carbons (Fsp3) is 0.812. The molecule has 1 saturated heterocycles. The lowest BCUT2D eigenvalue weighted by atomic mass is 9.72. The zero-order valence-corrected chi connectivity index (χ0v) is 12.4. The molecule has 1 fully saturated rings. The average Bonchev–Trinajstić information content (AvgIpc) is 2.29. The van der Waals surface area contributed by atoms with Gasteiger partial charge in [-0.3, -0.25) is 4.79 Å². The summed E-state index contributed by atoms with van der Waals surface area (Å²) in [6.45, 7) is 10.3. The minimum Gasteiger partial charge on any atom is -0.316 e. The van der Waals surface area contributed by atoms with Gasteiger partial charge in [-0.25, -0.2) is 0 Å². The molecule has 102 valence electrons. The molecule has 1 heterocycles. The monoisotopic (exact) mass is 249 g/mol. The Morgan fingerprint density at radius 1 is 1.39 bits per heavy atom. The molecule has 0 aromatic carbocycles. The molecule has 0 bridgehead atoms. The first-order valence-corrected chi connectivity index (χ1v) is 7.14. The molecule has 1 N–H and O–H groups in total. The van der Waals surface area contributed by atoms with Crippen LogP contribution >= 0.6 is 0 Å². The van der Waals surface area contributed by atoms with Crippen molar-refractivity contribution >= 4 is 5.78 Å². The summed E-state index contributed by atoms with van der Waals surface area (Å²) in [4.78, 5) is 12.5. The Labute approximate surface area is 112 Å². The first kappa shape index (κ1) is 15.2. The molecule has 1 atom stereocenters. The van der Waals surface area contributed by atoms with Crippen molar-refractivity contribution in [3.05, 3.63) is 0 Å². The minimum absolute atomic E-state index is 0.0109. The standard InChI is InChI=1S/C16H27NO/c1-5-9-16(11-7-12-17-13-16)14(18)8-6-10-15(2,3)4/h17H,5,7-9,11-13H2,1-4H3.